The van der Waals surface area contributed by atoms with E-state index in [1.165, 1.54) is 7.11 Å². The summed E-state index contributed by atoms with van der Waals surface area (Å²) in [6.45, 7) is 1.95. The molecule has 0 unspecified atom stereocenters. The third-order valence-corrected chi connectivity index (χ3v) is 2.76. The third-order valence-electron chi connectivity index (χ3n) is 2.30. The lowest BCUT2D eigenvalue weighted by Gasteiger charge is -2.05. The highest BCUT2D eigenvalue weighted by atomic mass is 79.9. The zero-order valence-corrected chi connectivity index (χ0v) is 10.0. The summed E-state index contributed by atoms with van der Waals surface area (Å²) in [5.74, 6) is 0.333. The lowest BCUT2D eigenvalue weighted by molar-refractivity contribution is 0.409. The van der Waals surface area contributed by atoms with Crippen LogP contribution in [-0.4, -0.2) is 12.1 Å². The van der Waals surface area contributed by atoms with E-state index in [0.29, 0.717) is 5.75 Å². The minimum Gasteiger partial charge on any atom is -0.491 e. The summed E-state index contributed by atoms with van der Waals surface area (Å²) in [7, 11) is 1.49. The number of pyridine rings is 1. The summed E-state index contributed by atoms with van der Waals surface area (Å²) >= 11 is 3.42. The van der Waals surface area contributed by atoms with Crippen LogP contribution in [0.25, 0.3) is 10.9 Å². The van der Waals surface area contributed by atoms with Gasteiger partial charge >= 0.3 is 0 Å². The Balaban J connectivity index is 2.87. The SMILES string of the molecule is COc1cc2cc(Br)cc(C)c2[nH]c1=O. The number of aromatic amines is 1. The van der Waals surface area contributed by atoms with Gasteiger partial charge in [0.15, 0.2) is 5.75 Å². The Kier molecular flexibility index (Phi) is 2.52. The molecule has 0 atom stereocenters. The van der Waals surface area contributed by atoms with Crippen LogP contribution in [0.3, 0.4) is 0 Å². The van der Waals surface area contributed by atoms with Crippen molar-refractivity contribution in [2.45, 2.75) is 6.92 Å². The van der Waals surface area contributed by atoms with E-state index in [0.717, 1.165) is 20.9 Å². The van der Waals surface area contributed by atoms with Gasteiger partial charge in [-0.05, 0) is 30.7 Å². The molecular formula is C11H10BrNO2. The van der Waals surface area contributed by atoms with Crippen molar-refractivity contribution in [1.82, 2.24) is 4.98 Å². The maximum atomic E-state index is 11.5. The Morgan fingerprint density at radius 2 is 2.07 bits per heavy atom. The van der Waals surface area contributed by atoms with Gasteiger partial charge in [0, 0.05) is 9.86 Å². The fourth-order valence-corrected chi connectivity index (χ4v) is 2.18. The Bertz CT molecular complexity index is 575. The van der Waals surface area contributed by atoms with E-state index < -0.39 is 0 Å². The largest absolute Gasteiger partial charge is 0.491 e. The van der Waals surface area contributed by atoms with Crippen molar-refractivity contribution in [3.63, 3.8) is 0 Å². The van der Waals surface area contributed by atoms with Crippen molar-refractivity contribution >= 4 is 26.8 Å². The number of hydrogen-bond acceptors (Lipinski definition) is 2. The van der Waals surface area contributed by atoms with Gasteiger partial charge in [-0.15, -0.1) is 0 Å². The smallest absolute Gasteiger partial charge is 0.290 e. The Morgan fingerprint density at radius 3 is 2.73 bits per heavy atom. The van der Waals surface area contributed by atoms with Gasteiger partial charge in [-0.25, -0.2) is 0 Å². The van der Waals surface area contributed by atoms with Gasteiger partial charge < -0.3 is 9.72 Å². The molecule has 78 valence electrons. The van der Waals surface area contributed by atoms with Crippen molar-refractivity contribution in [2.24, 2.45) is 0 Å². The van der Waals surface area contributed by atoms with Crippen LogP contribution in [0.2, 0.25) is 0 Å². The highest BCUT2D eigenvalue weighted by molar-refractivity contribution is 9.10. The predicted molar refractivity (Wildman–Crippen MR) is 63.6 cm³/mol. The Morgan fingerprint density at radius 1 is 1.33 bits per heavy atom. The average Bonchev–Trinajstić information content (AvgIpc) is 2.18. The second-order valence-corrected chi connectivity index (χ2v) is 4.27. The molecule has 0 fully saturated rings. The Labute approximate surface area is 95.2 Å². The number of fused-ring (bicyclic) bond motifs is 1. The highest BCUT2D eigenvalue weighted by Gasteiger charge is 2.05. The topological polar surface area (TPSA) is 42.1 Å². The minimum absolute atomic E-state index is 0.199. The summed E-state index contributed by atoms with van der Waals surface area (Å²) in [6.07, 6.45) is 0. The lowest BCUT2D eigenvalue weighted by atomic mass is 10.1. The quantitative estimate of drug-likeness (QED) is 0.863. The molecule has 0 aliphatic heterocycles. The molecule has 3 nitrogen and oxygen atoms in total. The normalized spacial score (nSPS) is 10.6. The van der Waals surface area contributed by atoms with Gasteiger partial charge in [-0.1, -0.05) is 15.9 Å². The maximum absolute atomic E-state index is 11.5. The third kappa shape index (κ3) is 1.77. The molecule has 1 N–H and O–H groups in total. The van der Waals surface area contributed by atoms with Crippen LogP contribution >= 0.6 is 15.9 Å². The van der Waals surface area contributed by atoms with E-state index in [9.17, 15) is 4.79 Å². The van der Waals surface area contributed by atoms with E-state index in [1.807, 2.05) is 19.1 Å². The fourth-order valence-electron chi connectivity index (χ4n) is 1.59. The first-order valence-corrected chi connectivity index (χ1v) is 5.28. The summed E-state index contributed by atoms with van der Waals surface area (Å²) in [5, 5.41) is 0.957. The van der Waals surface area contributed by atoms with Crippen molar-refractivity contribution in [1.29, 1.82) is 0 Å². The van der Waals surface area contributed by atoms with E-state index in [1.54, 1.807) is 6.07 Å². The predicted octanol–water partition coefficient (Wildman–Crippen LogP) is 2.61. The molecule has 2 rings (SSSR count). The maximum Gasteiger partial charge on any atom is 0.290 e. The molecule has 1 aromatic carbocycles. The summed E-state index contributed by atoms with van der Waals surface area (Å²) in [5.41, 5.74) is 1.68. The fraction of sp³-hybridized carbons (Fsp3) is 0.182. The second-order valence-electron chi connectivity index (χ2n) is 3.35. The van der Waals surface area contributed by atoms with Crippen LogP contribution in [0.5, 0.6) is 5.75 Å². The molecule has 15 heavy (non-hydrogen) atoms. The monoisotopic (exact) mass is 267 g/mol. The number of nitrogens with one attached hydrogen (secondary N) is 1. The molecule has 2 aromatic rings. The second kappa shape index (κ2) is 3.70. The molecule has 0 bridgehead atoms. The summed E-state index contributed by atoms with van der Waals surface area (Å²) in [4.78, 5) is 14.3. The number of aryl methyl sites for hydroxylation is 1. The van der Waals surface area contributed by atoms with E-state index in [2.05, 4.69) is 20.9 Å². The Hall–Kier alpha value is -1.29. The molecule has 4 heteroatoms. The molecule has 1 heterocycles. The van der Waals surface area contributed by atoms with Crippen LogP contribution < -0.4 is 10.3 Å². The van der Waals surface area contributed by atoms with E-state index >= 15 is 0 Å². The molecule has 0 saturated heterocycles. The first kappa shape index (κ1) is 10.2. The van der Waals surface area contributed by atoms with Gasteiger partial charge in [0.1, 0.15) is 0 Å². The molecule has 0 amide bonds. The van der Waals surface area contributed by atoms with Crippen LogP contribution in [0.4, 0.5) is 0 Å². The van der Waals surface area contributed by atoms with Gasteiger partial charge in [0.2, 0.25) is 0 Å². The number of rotatable bonds is 1. The number of benzene rings is 1. The highest BCUT2D eigenvalue weighted by Crippen LogP contribution is 2.23. The average molecular weight is 268 g/mol. The van der Waals surface area contributed by atoms with E-state index in [4.69, 9.17) is 4.74 Å². The first-order valence-electron chi connectivity index (χ1n) is 4.49. The van der Waals surface area contributed by atoms with Crippen LogP contribution in [0.1, 0.15) is 5.56 Å². The van der Waals surface area contributed by atoms with Crippen LogP contribution in [0, 0.1) is 6.92 Å². The van der Waals surface area contributed by atoms with Crippen molar-refractivity contribution < 1.29 is 4.74 Å². The number of H-pyrrole nitrogens is 1. The molecule has 0 aliphatic carbocycles. The summed E-state index contributed by atoms with van der Waals surface area (Å²) < 4.78 is 5.96. The molecule has 0 aliphatic rings. The van der Waals surface area contributed by atoms with E-state index in [-0.39, 0.29) is 5.56 Å². The number of ether oxygens (including phenoxy) is 1. The van der Waals surface area contributed by atoms with Gasteiger partial charge in [0.05, 0.1) is 12.6 Å². The van der Waals surface area contributed by atoms with Gasteiger partial charge in [-0.2, -0.15) is 0 Å². The minimum atomic E-state index is -0.199. The summed E-state index contributed by atoms with van der Waals surface area (Å²) in [6, 6.07) is 5.65. The first-order chi connectivity index (χ1) is 7.11. The number of hydrogen-bond donors (Lipinski definition) is 1. The zero-order valence-electron chi connectivity index (χ0n) is 8.43. The van der Waals surface area contributed by atoms with Crippen molar-refractivity contribution in [2.75, 3.05) is 7.11 Å². The van der Waals surface area contributed by atoms with Crippen LogP contribution in [0.15, 0.2) is 27.5 Å². The molecule has 0 spiro atoms. The molecule has 0 saturated carbocycles. The zero-order chi connectivity index (χ0) is 11.0. The molecule has 1 aromatic heterocycles. The lowest BCUT2D eigenvalue weighted by Crippen LogP contribution is -2.09. The molecular weight excluding hydrogens is 258 g/mol. The molecule has 0 radical (unpaired) electrons. The number of halogens is 1. The van der Waals surface area contributed by atoms with Crippen molar-refractivity contribution in [3.05, 3.63) is 38.6 Å². The van der Waals surface area contributed by atoms with Crippen molar-refractivity contribution in [3.8, 4) is 5.75 Å². The number of aromatic nitrogens is 1. The van der Waals surface area contributed by atoms with Gasteiger partial charge in [-0.3, -0.25) is 4.79 Å². The number of methoxy groups -OCH3 is 1. The standard InChI is InChI=1S/C11H10BrNO2/c1-6-3-8(12)4-7-5-9(15-2)11(14)13-10(6)7/h3-5H,1-2H3,(H,13,14). The van der Waals surface area contributed by atoms with Crippen LogP contribution in [-0.2, 0) is 0 Å². The van der Waals surface area contributed by atoms with Gasteiger partial charge in [0.25, 0.3) is 5.56 Å².